The highest BCUT2D eigenvalue weighted by Crippen LogP contribution is 2.31. The van der Waals surface area contributed by atoms with Gasteiger partial charge in [0.15, 0.2) is 0 Å². The summed E-state index contributed by atoms with van der Waals surface area (Å²) in [6.07, 6.45) is 6.29. The number of hydrogen-bond acceptors (Lipinski definition) is 1. The van der Waals surface area contributed by atoms with Gasteiger partial charge in [-0.1, -0.05) is 13.8 Å². The zero-order valence-corrected chi connectivity index (χ0v) is 7.65. The normalized spacial score (nSPS) is 25.8. The van der Waals surface area contributed by atoms with Crippen LogP contribution in [0.25, 0.3) is 0 Å². The van der Waals surface area contributed by atoms with Crippen molar-refractivity contribution in [1.29, 1.82) is 0 Å². The summed E-state index contributed by atoms with van der Waals surface area (Å²) in [5.74, 6) is 0.473. The van der Waals surface area contributed by atoms with E-state index >= 15 is 0 Å². The lowest BCUT2D eigenvalue weighted by atomic mass is 9.80. The Morgan fingerprint density at radius 2 is 1.55 bits per heavy atom. The molecule has 0 aromatic rings. The third-order valence-electron chi connectivity index (χ3n) is 2.62. The lowest BCUT2D eigenvalue weighted by Crippen LogP contribution is -2.15. The van der Waals surface area contributed by atoms with Gasteiger partial charge in [0.2, 0.25) is 0 Å². The molecule has 0 saturated heterocycles. The molecule has 1 fully saturated rings. The van der Waals surface area contributed by atoms with Crippen molar-refractivity contribution in [2.45, 2.75) is 52.4 Å². The fraction of sp³-hybridized carbons (Fsp3) is 0.900. The highest BCUT2D eigenvalue weighted by molar-refractivity contribution is 5.78. The molecule has 1 rings (SSSR count). The molecule has 1 aliphatic rings. The van der Waals surface area contributed by atoms with Crippen molar-refractivity contribution in [1.82, 2.24) is 0 Å². The molecule has 11 heavy (non-hydrogen) atoms. The van der Waals surface area contributed by atoms with Gasteiger partial charge in [-0.3, -0.25) is 4.79 Å². The molecule has 0 aromatic carbocycles. The van der Waals surface area contributed by atoms with E-state index in [9.17, 15) is 4.79 Å². The number of Topliss-reactive ketones (excluding diaryl/α,β-unsaturated/α-hetero) is 1. The first-order valence-corrected chi connectivity index (χ1v) is 4.62. The molecule has 0 atom stereocenters. The Hall–Kier alpha value is -0.330. The summed E-state index contributed by atoms with van der Waals surface area (Å²) in [5, 5.41) is 0. The number of rotatable bonds is 0. The Labute approximate surface area is 69.2 Å². The minimum Gasteiger partial charge on any atom is -0.300 e. The molecular formula is C10H18O. The Bertz CT molecular complexity index is 133. The summed E-state index contributed by atoms with van der Waals surface area (Å²) in [7, 11) is 0. The van der Waals surface area contributed by atoms with E-state index in [1.165, 1.54) is 12.8 Å². The van der Waals surface area contributed by atoms with E-state index in [0.29, 0.717) is 11.2 Å². The lowest BCUT2D eigenvalue weighted by Gasteiger charge is -2.26. The van der Waals surface area contributed by atoms with Gasteiger partial charge in [-0.05, 0) is 31.1 Å². The molecule has 0 unspecified atom stereocenters. The Morgan fingerprint density at radius 3 is 2.00 bits per heavy atom. The predicted octanol–water partition coefficient (Wildman–Crippen LogP) is 2.94. The maximum absolute atomic E-state index is 11.0. The van der Waals surface area contributed by atoms with Gasteiger partial charge in [0.05, 0.1) is 0 Å². The van der Waals surface area contributed by atoms with Crippen LogP contribution in [0, 0.1) is 5.41 Å². The van der Waals surface area contributed by atoms with Crippen molar-refractivity contribution < 1.29 is 4.79 Å². The molecule has 0 N–H and O–H groups in total. The van der Waals surface area contributed by atoms with Gasteiger partial charge >= 0.3 is 0 Å². The lowest BCUT2D eigenvalue weighted by molar-refractivity contribution is -0.119. The third kappa shape index (κ3) is 3.04. The van der Waals surface area contributed by atoms with E-state index in [-0.39, 0.29) is 0 Å². The second-order valence-corrected chi connectivity index (χ2v) is 4.41. The molecule has 1 aliphatic carbocycles. The van der Waals surface area contributed by atoms with Crippen LogP contribution in [0.3, 0.4) is 0 Å². The monoisotopic (exact) mass is 154 g/mol. The summed E-state index contributed by atoms with van der Waals surface area (Å²) in [6, 6.07) is 0. The number of ketones is 1. The smallest absolute Gasteiger partial charge is 0.132 e. The topological polar surface area (TPSA) is 17.1 Å². The quantitative estimate of drug-likeness (QED) is 0.524. The average Bonchev–Trinajstić information content (AvgIpc) is 1.83. The van der Waals surface area contributed by atoms with Crippen molar-refractivity contribution in [3.05, 3.63) is 0 Å². The van der Waals surface area contributed by atoms with Crippen LogP contribution in [-0.4, -0.2) is 5.78 Å². The first-order chi connectivity index (χ1) is 5.10. The van der Waals surface area contributed by atoms with Gasteiger partial charge in [-0.25, -0.2) is 0 Å². The van der Waals surface area contributed by atoms with Crippen LogP contribution in [0.1, 0.15) is 52.4 Å². The molecule has 1 saturated carbocycles. The van der Waals surface area contributed by atoms with Crippen LogP contribution in [-0.2, 0) is 4.79 Å². The Balaban J connectivity index is 2.41. The van der Waals surface area contributed by atoms with E-state index < -0.39 is 0 Å². The SMILES string of the molecule is CC1(C)CCCC(=O)CCC1. The van der Waals surface area contributed by atoms with E-state index in [2.05, 4.69) is 13.8 Å². The molecule has 0 spiro atoms. The van der Waals surface area contributed by atoms with E-state index in [4.69, 9.17) is 0 Å². The Morgan fingerprint density at radius 1 is 1.09 bits per heavy atom. The molecule has 1 nitrogen and oxygen atoms in total. The largest absolute Gasteiger partial charge is 0.300 e. The van der Waals surface area contributed by atoms with Gasteiger partial charge in [0.25, 0.3) is 0 Å². The third-order valence-corrected chi connectivity index (χ3v) is 2.62. The van der Waals surface area contributed by atoms with Crippen molar-refractivity contribution in [2.24, 2.45) is 5.41 Å². The second-order valence-electron chi connectivity index (χ2n) is 4.41. The van der Waals surface area contributed by atoms with Gasteiger partial charge in [0.1, 0.15) is 5.78 Å². The van der Waals surface area contributed by atoms with Crippen LogP contribution in [0.15, 0.2) is 0 Å². The predicted molar refractivity (Wildman–Crippen MR) is 46.5 cm³/mol. The van der Waals surface area contributed by atoms with Gasteiger partial charge in [-0.15, -0.1) is 0 Å². The van der Waals surface area contributed by atoms with E-state index in [1.54, 1.807) is 0 Å². The maximum Gasteiger partial charge on any atom is 0.132 e. The van der Waals surface area contributed by atoms with Gasteiger partial charge < -0.3 is 0 Å². The summed E-state index contributed by atoms with van der Waals surface area (Å²) < 4.78 is 0. The standard InChI is InChI=1S/C10H18O/c1-10(2)7-3-5-9(11)6-4-8-10/h3-8H2,1-2H3. The van der Waals surface area contributed by atoms with Crippen LogP contribution < -0.4 is 0 Å². The highest BCUT2D eigenvalue weighted by Gasteiger charge is 2.20. The minimum atomic E-state index is 0.473. The molecule has 0 amide bonds. The van der Waals surface area contributed by atoms with Crippen molar-refractivity contribution in [3.8, 4) is 0 Å². The molecule has 0 heterocycles. The first kappa shape index (κ1) is 8.76. The van der Waals surface area contributed by atoms with Crippen LogP contribution in [0.5, 0.6) is 0 Å². The molecular weight excluding hydrogens is 136 g/mol. The molecule has 1 heteroatoms. The average molecular weight is 154 g/mol. The summed E-state index contributed by atoms with van der Waals surface area (Å²) in [4.78, 5) is 11.0. The van der Waals surface area contributed by atoms with Gasteiger partial charge in [0, 0.05) is 12.8 Å². The molecule has 0 bridgehead atoms. The van der Waals surface area contributed by atoms with Crippen molar-refractivity contribution in [3.63, 3.8) is 0 Å². The zero-order valence-electron chi connectivity index (χ0n) is 7.65. The number of hydrogen-bond donors (Lipinski definition) is 0. The Kier molecular flexibility index (Phi) is 2.69. The zero-order chi connectivity index (χ0) is 8.32. The molecule has 0 aliphatic heterocycles. The number of carbonyl (C=O) groups is 1. The minimum absolute atomic E-state index is 0.473. The maximum atomic E-state index is 11.0. The fourth-order valence-corrected chi connectivity index (χ4v) is 1.78. The highest BCUT2D eigenvalue weighted by atomic mass is 16.1. The van der Waals surface area contributed by atoms with Crippen molar-refractivity contribution >= 4 is 5.78 Å². The molecule has 0 radical (unpaired) electrons. The van der Waals surface area contributed by atoms with E-state index in [1.807, 2.05) is 0 Å². The first-order valence-electron chi connectivity index (χ1n) is 4.62. The second kappa shape index (κ2) is 3.38. The van der Waals surface area contributed by atoms with Crippen LogP contribution in [0.4, 0.5) is 0 Å². The van der Waals surface area contributed by atoms with Crippen molar-refractivity contribution in [2.75, 3.05) is 0 Å². The van der Waals surface area contributed by atoms with Crippen LogP contribution >= 0.6 is 0 Å². The summed E-state index contributed by atoms with van der Waals surface area (Å²) in [5.41, 5.74) is 0.487. The summed E-state index contributed by atoms with van der Waals surface area (Å²) in [6.45, 7) is 4.62. The van der Waals surface area contributed by atoms with E-state index in [0.717, 1.165) is 25.7 Å². The molecule has 64 valence electrons. The summed E-state index contributed by atoms with van der Waals surface area (Å²) >= 11 is 0. The van der Waals surface area contributed by atoms with Gasteiger partial charge in [-0.2, -0.15) is 0 Å². The fourth-order valence-electron chi connectivity index (χ4n) is 1.78. The molecule has 0 aromatic heterocycles. The number of carbonyl (C=O) groups excluding carboxylic acids is 1. The van der Waals surface area contributed by atoms with Crippen LogP contribution in [0.2, 0.25) is 0 Å².